The summed E-state index contributed by atoms with van der Waals surface area (Å²) < 4.78 is 8.70. The van der Waals surface area contributed by atoms with Crippen molar-refractivity contribution in [3.63, 3.8) is 0 Å². The van der Waals surface area contributed by atoms with Gasteiger partial charge >= 0.3 is 8.25 Å². The topological polar surface area (TPSA) is 108 Å². The monoisotopic (exact) mass is 212 g/mol. The quantitative estimate of drug-likeness (QED) is 0.426. The van der Waals surface area contributed by atoms with Crippen molar-refractivity contribution in [2.75, 3.05) is 0 Å². The largest absolute Gasteiger partial charge is 0.692 e. The van der Waals surface area contributed by atoms with Crippen LogP contribution in [0, 0.1) is 0 Å². The van der Waals surface area contributed by atoms with Crippen LogP contribution in [0.25, 0.3) is 0 Å². The third-order valence-electron chi connectivity index (χ3n) is 0.347. The molecule has 3 N–H and O–H groups in total. The van der Waals surface area contributed by atoms with E-state index < -0.39 is 8.25 Å². The molecule has 0 radical (unpaired) electrons. The van der Waals surface area contributed by atoms with E-state index in [0.29, 0.717) is 0 Å². The molecule has 0 aliphatic carbocycles. The Kier molecular flexibility index (Phi) is 14.6. The van der Waals surface area contributed by atoms with Crippen LogP contribution >= 0.6 is 19.6 Å². The Morgan fingerprint density at radius 1 is 1.50 bits per heavy atom. The molecule has 0 fully saturated rings. The molecule has 0 aromatic carbocycles. The summed E-state index contributed by atoms with van der Waals surface area (Å²) in [7, 11) is -2.87. The van der Waals surface area contributed by atoms with Crippen LogP contribution in [0.4, 0.5) is 0 Å². The van der Waals surface area contributed by atoms with Gasteiger partial charge in [-0.25, -0.2) is 0 Å². The molecule has 68 valence electrons. The van der Waals surface area contributed by atoms with E-state index in [9.17, 15) is 0 Å². The average molecular weight is 212 g/mol. The molecule has 6 nitrogen and oxygen atoms in total. The van der Waals surface area contributed by atoms with E-state index in [2.05, 4.69) is 4.98 Å². The van der Waals surface area contributed by atoms with Gasteiger partial charge in [0.2, 0.25) is 0 Å². The van der Waals surface area contributed by atoms with Gasteiger partial charge < -0.3 is 5.11 Å². The van der Waals surface area contributed by atoms with Gasteiger partial charge in [0.25, 0.3) is 6.47 Å². The van der Waals surface area contributed by atoms with Gasteiger partial charge in [-0.3, -0.25) is 9.78 Å². The highest BCUT2D eigenvalue weighted by Crippen LogP contribution is 1.98. The Morgan fingerprint density at radius 2 is 1.92 bits per heavy atom. The molecule has 1 aromatic heterocycles. The summed E-state index contributed by atoms with van der Waals surface area (Å²) in [5, 5.41) is 8.82. The predicted molar refractivity (Wildman–Crippen MR) is 42.9 cm³/mol. The van der Waals surface area contributed by atoms with E-state index in [1.165, 1.54) is 0 Å². The first-order chi connectivity index (χ1) is 5.65. The maximum Gasteiger partial charge on any atom is 0.692 e. The molecule has 12 heavy (non-hydrogen) atoms. The zero-order valence-corrected chi connectivity index (χ0v) is 7.48. The first-order valence-corrected chi connectivity index (χ1v) is 4.51. The van der Waals surface area contributed by atoms with Crippen LogP contribution in [0.3, 0.4) is 0 Å². The minimum absolute atomic E-state index is 0.250. The Morgan fingerprint density at radius 3 is 2.00 bits per heavy atom. The summed E-state index contributed by atoms with van der Waals surface area (Å²) in [6, 6.07) is 0. The van der Waals surface area contributed by atoms with E-state index in [4.69, 9.17) is 24.3 Å². The molecule has 0 saturated carbocycles. The van der Waals surface area contributed by atoms with Crippen LogP contribution in [0.2, 0.25) is 0 Å². The van der Waals surface area contributed by atoms with Gasteiger partial charge in [0.15, 0.2) is 0 Å². The third-order valence-corrected chi connectivity index (χ3v) is 0.869. The first kappa shape index (κ1) is 13.7. The van der Waals surface area contributed by atoms with E-state index >= 15 is 0 Å². The molecule has 0 aliphatic rings. The van der Waals surface area contributed by atoms with Crippen molar-refractivity contribution < 1.29 is 24.3 Å². The second-order valence-corrected chi connectivity index (χ2v) is 2.29. The fourth-order valence-electron chi connectivity index (χ4n) is 0.176. The standard InChI is InChI=1S/C3H3NS.CH2O2.HO3P/c1-2-5-3-4-1;2-1-3;1-4(2)3/h1-3H;1H,(H,2,3);(H-,1,2,3)/p+1. The van der Waals surface area contributed by atoms with E-state index in [0.717, 1.165) is 0 Å². The van der Waals surface area contributed by atoms with Gasteiger partial charge in [0.05, 0.1) is 5.51 Å². The number of nitrogens with zero attached hydrogens (tertiary/aromatic N) is 1. The second kappa shape index (κ2) is 12.8. The van der Waals surface area contributed by atoms with Crippen molar-refractivity contribution >= 4 is 26.1 Å². The molecular formula is C4H7NO5PS+. The van der Waals surface area contributed by atoms with E-state index in [1.807, 2.05) is 5.38 Å². The lowest BCUT2D eigenvalue weighted by atomic mass is 11.0. The second-order valence-electron chi connectivity index (χ2n) is 1.03. The van der Waals surface area contributed by atoms with Crippen LogP contribution in [-0.4, -0.2) is 26.3 Å². The zero-order valence-electron chi connectivity index (χ0n) is 5.77. The van der Waals surface area contributed by atoms with Gasteiger partial charge in [-0.05, 0) is 0 Å². The molecule has 0 bridgehead atoms. The number of carbonyl (C=O) groups is 1. The number of thiazole rings is 1. The number of hydrogen-bond acceptors (Lipinski definition) is 4. The van der Waals surface area contributed by atoms with Gasteiger partial charge in [-0.1, -0.05) is 0 Å². The summed E-state index contributed by atoms with van der Waals surface area (Å²) in [4.78, 5) is 26.3. The van der Waals surface area contributed by atoms with Crippen LogP contribution in [0.1, 0.15) is 0 Å². The highest BCUT2D eigenvalue weighted by Gasteiger charge is 1.93. The first-order valence-electron chi connectivity index (χ1n) is 2.40. The molecule has 0 spiro atoms. The summed E-state index contributed by atoms with van der Waals surface area (Å²) >= 11 is 1.60. The Bertz CT molecular complexity index is 170. The highest BCUT2D eigenvalue weighted by atomic mass is 32.1. The molecule has 1 aromatic rings. The molecular weight excluding hydrogens is 205 g/mol. The Labute approximate surface area is 73.1 Å². The maximum absolute atomic E-state index is 8.70. The fourth-order valence-corrected chi connectivity index (χ4v) is 0.527. The highest BCUT2D eigenvalue weighted by molar-refractivity contribution is 7.30. The molecule has 0 aliphatic heterocycles. The van der Waals surface area contributed by atoms with Crippen LogP contribution in [0.5, 0.6) is 0 Å². The molecule has 0 amide bonds. The van der Waals surface area contributed by atoms with Crippen LogP contribution < -0.4 is 0 Å². The number of aromatic nitrogens is 1. The van der Waals surface area contributed by atoms with E-state index in [1.54, 1.807) is 23.0 Å². The lowest BCUT2D eigenvalue weighted by Crippen LogP contribution is -1.49. The Hall–Kier alpha value is -0.880. The molecule has 0 saturated heterocycles. The van der Waals surface area contributed by atoms with Crippen molar-refractivity contribution in [1.82, 2.24) is 4.98 Å². The summed E-state index contributed by atoms with van der Waals surface area (Å²) in [5.41, 5.74) is 1.79. The maximum atomic E-state index is 8.70. The fraction of sp³-hybridized carbons (Fsp3) is 0. The summed E-state index contributed by atoms with van der Waals surface area (Å²) in [5.74, 6) is 0. The van der Waals surface area contributed by atoms with Gasteiger partial charge in [-0.2, -0.15) is 0 Å². The molecule has 0 atom stereocenters. The number of hydrogen-bond donors (Lipinski definition) is 3. The Balaban J connectivity index is 0. The van der Waals surface area contributed by atoms with Crippen molar-refractivity contribution in [2.45, 2.75) is 0 Å². The predicted octanol–water partition coefficient (Wildman–Crippen LogP) is 0.472. The van der Waals surface area contributed by atoms with E-state index in [-0.39, 0.29) is 6.47 Å². The van der Waals surface area contributed by atoms with Crippen LogP contribution in [-0.2, 0) is 9.36 Å². The molecule has 0 unspecified atom stereocenters. The number of rotatable bonds is 0. The van der Waals surface area contributed by atoms with Gasteiger partial charge in [0.1, 0.15) is 0 Å². The van der Waals surface area contributed by atoms with Crippen molar-refractivity contribution in [3.05, 3.63) is 17.1 Å². The smallest absolute Gasteiger partial charge is 0.483 e. The minimum atomic E-state index is -2.87. The summed E-state index contributed by atoms with van der Waals surface area (Å²) in [6.45, 7) is -0.250. The molecule has 1 rings (SSSR count). The zero-order chi connectivity index (χ0) is 9.82. The average Bonchev–Trinajstić information content (AvgIpc) is 2.40. The molecule has 1 heterocycles. The van der Waals surface area contributed by atoms with Gasteiger partial charge in [0, 0.05) is 16.1 Å². The normalized spacial score (nSPS) is 6.50. The lowest BCUT2D eigenvalue weighted by molar-refractivity contribution is -0.122. The van der Waals surface area contributed by atoms with Crippen molar-refractivity contribution in [2.24, 2.45) is 0 Å². The lowest BCUT2D eigenvalue weighted by Gasteiger charge is -1.41. The summed E-state index contributed by atoms with van der Waals surface area (Å²) in [6.07, 6.45) is 1.77. The minimum Gasteiger partial charge on any atom is -0.483 e. The van der Waals surface area contributed by atoms with Gasteiger partial charge in [-0.15, -0.1) is 21.1 Å². The SMILES string of the molecule is O=CO.O=[P+](O)O.c1cscn1. The molecule has 8 heteroatoms. The van der Waals surface area contributed by atoms with Crippen LogP contribution in [0.15, 0.2) is 17.1 Å². The third kappa shape index (κ3) is 35.4. The van der Waals surface area contributed by atoms with Crippen molar-refractivity contribution in [3.8, 4) is 0 Å². The van der Waals surface area contributed by atoms with Crippen molar-refractivity contribution in [1.29, 1.82) is 0 Å². The number of carboxylic acid groups (broad SMARTS) is 1.